The first-order chi connectivity index (χ1) is 14.3. The maximum Gasteiger partial charge on any atom is 0.404 e. The number of fused-ring (bicyclic) bond motifs is 4. The number of nitrogens with one attached hydrogen (secondary N) is 2. The van der Waals surface area contributed by atoms with Crippen LogP contribution in [0, 0.1) is 5.92 Å². The summed E-state index contributed by atoms with van der Waals surface area (Å²) < 4.78 is 21.3. The monoisotopic (exact) mass is 422 g/mol. The number of primary amides is 1. The Balaban J connectivity index is 1.71. The molecule has 164 valence electrons. The van der Waals surface area contributed by atoms with E-state index in [0.717, 1.165) is 0 Å². The Labute approximate surface area is 173 Å². The summed E-state index contributed by atoms with van der Waals surface area (Å²) in [6.07, 6.45) is -1.55. The lowest BCUT2D eigenvalue weighted by atomic mass is 9.82. The fourth-order valence-corrected chi connectivity index (χ4v) is 4.95. The van der Waals surface area contributed by atoms with Crippen molar-refractivity contribution in [3.63, 3.8) is 0 Å². The second kappa shape index (κ2) is 7.34. The number of nitrogens with two attached hydrogens (primary N) is 1. The van der Waals surface area contributed by atoms with Crippen LogP contribution in [-0.4, -0.2) is 87.7 Å². The fourth-order valence-electron chi connectivity index (χ4n) is 4.95. The van der Waals surface area contributed by atoms with Gasteiger partial charge >= 0.3 is 6.09 Å². The zero-order chi connectivity index (χ0) is 21.8. The second-order valence-corrected chi connectivity index (χ2v) is 7.70. The van der Waals surface area contributed by atoms with E-state index >= 15 is 0 Å². The van der Waals surface area contributed by atoms with Crippen LogP contribution in [0.1, 0.15) is 6.92 Å². The predicted molar refractivity (Wildman–Crippen MR) is 102 cm³/mol. The molecule has 0 radical (unpaired) electrons. The van der Waals surface area contributed by atoms with Crippen molar-refractivity contribution < 1.29 is 33.3 Å². The van der Waals surface area contributed by atoms with Gasteiger partial charge in [-0.05, 0) is 6.92 Å². The number of piperazine rings is 1. The van der Waals surface area contributed by atoms with Crippen molar-refractivity contribution in [2.45, 2.75) is 31.0 Å². The molecule has 2 fully saturated rings. The number of carbonyl (C=O) groups is 3. The van der Waals surface area contributed by atoms with Crippen molar-refractivity contribution in [3.05, 3.63) is 22.5 Å². The largest absolute Gasteiger partial charge is 0.449 e. The Morgan fingerprint density at radius 2 is 2.00 bits per heavy atom. The minimum atomic E-state index is -0.993. The van der Waals surface area contributed by atoms with Gasteiger partial charge in [0.05, 0.1) is 29.9 Å². The van der Waals surface area contributed by atoms with Gasteiger partial charge in [0.15, 0.2) is 12.0 Å². The number of hydrogen-bond donors (Lipinski definition) is 3. The summed E-state index contributed by atoms with van der Waals surface area (Å²) >= 11 is 0. The van der Waals surface area contributed by atoms with E-state index in [2.05, 4.69) is 10.6 Å². The number of rotatable bonds is 8. The highest BCUT2D eigenvalue weighted by molar-refractivity contribution is 6.25. The molecule has 0 aromatic carbocycles. The zero-order valence-corrected chi connectivity index (χ0v) is 17.3. The number of allylic oxidation sites excluding steroid dienone is 2. The maximum absolute atomic E-state index is 13.5. The molecular formula is C19H26N4O7. The number of ether oxygens (including phenoxy) is 4. The van der Waals surface area contributed by atoms with Crippen molar-refractivity contribution >= 4 is 17.7 Å². The molecule has 3 heterocycles. The molecule has 4 N–H and O–H groups in total. The summed E-state index contributed by atoms with van der Waals surface area (Å²) in [5.41, 5.74) is 5.25. The van der Waals surface area contributed by atoms with E-state index in [9.17, 15) is 14.4 Å². The number of nitrogens with zero attached hydrogens (tertiary/aromatic N) is 1. The average molecular weight is 422 g/mol. The normalized spacial score (nSPS) is 31.9. The Bertz CT molecular complexity index is 865. The number of ketones is 2. The number of hydrogen-bond acceptors (Lipinski definition) is 10. The van der Waals surface area contributed by atoms with Crippen molar-refractivity contribution in [3.8, 4) is 0 Å². The van der Waals surface area contributed by atoms with Gasteiger partial charge in [-0.1, -0.05) is 0 Å². The lowest BCUT2D eigenvalue weighted by molar-refractivity contribution is -0.137. The molecule has 4 aliphatic rings. The quantitative estimate of drug-likeness (QED) is 0.242. The Morgan fingerprint density at radius 1 is 1.30 bits per heavy atom. The van der Waals surface area contributed by atoms with Gasteiger partial charge in [0, 0.05) is 45.1 Å². The van der Waals surface area contributed by atoms with E-state index in [0.29, 0.717) is 17.8 Å². The lowest BCUT2D eigenvalue weighted by Crippen LogP contribution is -2.55. The maximum atomic E-state index is 13.5. The van der Waals surface area contributed by atoms with Crippen LogP contribution in [0.5, 0.6) is 0 Å². The number of amides is 1. The van der Waals surface area contributed by atoms with Gasteiger partial charge in [-0.3, -0.25) is 9.59 Å². The summed E-state index contributed by atoms with van der Waals surface area (Å²) in [5.74, 6) is -1.27. The molecule has 1 aliphatic carbocycles. The highest BCUT2D eigenvalue weighted by atomic mass is 16.7. The van der Waals surface area contributed by atoms with E-state index in [1.54, 1.807) is 6.92 Å². The van der Waals surface area contributed by atoms with Crippen LogP contribution >= 0.6 is 0 Å². The Hall–Kier alpha value is -2.47. The molecular weight excluding hydrogens is 396 g/mol. The van der Waals surface area contributed by atoms with Gasteiger partial charge in [0.2, 0.25) is 11.6 Å². The molecule has 11 nitrogen and oxygen atoms in total. The molecule has 2 saturated heterocycles. The van der Waals surface area contributed by atoms with Gasteiger partial charge < -0.3 is 40.2 Å². The first kappa shape index (κ1) is 20.8. The van der Waals surface area contributed by atoms with Gasteiger partial charge in [-0.2, -0.15) is 0 Å². The number of Topliss-reactive ketones (excluding diaryl/α,β-unsaturated/α-hetero) is 2. The summed E-state index contributed by atoms with van der Waals surface area (Å²) in [7, 11) is 4.49. The van der Waals surface area contributed by atoms with Gasteiger partial charge in [0.25, 0.3) is 0 Å². The molecule has 11 heteroatoms. The molecule has 0 unspecified atom stereocenters. The third kappa shape index (κ3) is 2.77. The first-order valence-corrected chi connectivity index (χ1v) is 9.66. The van der Waals surface area contributed by atoms with Crippen molar-refractivity contribution in [1.29, 1.82) is 0 Å². The van der Waals surface area contributed by atoms with Gasteiger partial charge in [-0.15, -0.1) is 0 Å². The third-order valence-electron chi connectivity index (χ3n) is 6.40. The van der Waals surface area contributed by atoms with E-state index in [4.69, 9.17) is 24.7 Å². The molecule has 3 aliphatic heterocycles. The van der Waals surface area contributed by atoms with E-state index in [-0.39, 0.29) is 48.1 Å². The minimum absolute atomic E-state index is 0.0849. The molecule has 4 atom stereocenters. The summed E-state index contributed by atoms with van der Waals surface area (Å²) in [6.45, 7) is 2.13. The molecule has 0 saturated carbocycles. The fraction of sp³-hybridized carbons (Fsp3) is 0.632. The highest BCUT2D eigenvalue weighted by Crippen LogP contribution is 2.55. The van der Waals surface area contributed by atoms with Gasteiger partial charge in [-0.25, -0.2) is 4.79 Å². The van der Waals surface area contributed by atoms with E-state index in [1.165, 1.54) is 21.3 Å². The second-order valence-electron chi connectivity index (χ2n) is 7.70. The molecule has 0 aromatic heterocycles. The van der Waals surface area contributed by atoms with Crippen molar-refractivity contribution in [2.24, 2.45) is 11.7 Å². The van der Waals surface area contributed by atoms with E-state index in [1.807, 2.05) is 4.90 Å². The molecule has 4 rings (SSSR count). The first-order valence-electron chi connectivity index (χ1n) is 9.66. The summed E-state index contributed by atoms with van der Waals surface area (Å²) in [5, 5.41) is 6.30. The van der Waals surface area contributed by atoms with Crippen LogP contribution in [0.25, 0.3) is 0 Å². The summed E-state index contributed by atoms with van der Waals surface area (Å²) in [4.78, 5) is 40.0. The predicted octanol–water partition coefficient (Wildman–Crippen LogP) is -1.40. The molecule has 0 spiro atoms. The van der Waals surface area contributed by atoms with E-state index < -0.39 is 24.0 Å². The molecule has 1 amide bonds. The Morgan fingerprint density at radius 3 is 2.60 bits per heavy atom. The molecule has 30 heavy (non-hydrogen) atoms. The van der Waals surface area contributed by atoms with Crippen molar-refractivity contribution in [2.75, 3.05) is 41.0 Å². The van der Waals surface area contributed by atoms with Crippen LogP contribution in [0.3, 0.4) is 0 Å². The lowest BCUT2D eigenvalue weighted by Gasteiger charge is -2.39. The van der Waals surface area contributed by atoms with Crippen LogP contribution in [0.2, 0.25) is 0 Å². The van der Waals surface area contributed by atoms with Crippen LogP contribution in [0.15, 0.2) is 22.5 Å². The summed E-state index contributed by atoms with van der Waals surface area (Å²) in [6, 6.07) is 0.0595. The average Bonchev–Trinajstić information content (AvgIpc) is 3.33. The SMILES string of the molecule is COC(CNC1=C(C)C(=O)C2=C(C1=O)[C@@H](COC(N)=O)[C@@]1(OC)[C@H]3N[C@H]3CN21)OC. The van der Waals surface area contributed by atoms with Crippen LogP contribution in [-0.2, 0) is 28.5 Å². The third-order valence-corrected chi connectivity index (χ3v) is 6.40. The highest BCUT2D eigenvalue weighted by Gasteiger charge is 2.72. The van der Waals surface area contributed by atoms with Crippen LogP contribution < -0.4 is 16.4 Å². The van der Waals surface area contributed by atoms with Crippen LogP contribution in [0.4, 0.5) is 4.79 Å². The molecule has 0 bridgehead atoms. The zero-order valence-electron chi connectivity index (χ0n) is 17.3. The van der Waals surface area contributed by atoms with Gasteiger partial charge in [0.1, 0.15) is 6.61 Å². The molecule has 0 aromatic rings. The number of methoxy groups -OCH3 is 3. The Kier molecular flexibility index (Phi) is 5.09. The smallest absolute Gasteiger partial charge is 0.404 e. The minimum Gasteiger partial charge on any atom is -0.449 e. The topological polar surface area (TPSA) is 151 Å². The number of carbonyl (C=O) groups excluding carboxylic acids is 3. The van der Waals surface area contributed by atoms with Crippen molar-refractivity contribution in [1.82, 2.24) is 15.5 Å². The standard InChI is InChI=1S/C19H26N4O7/c1-8-13(21-5-11(27-2)28-3)16(25)12-9(7-30-18(20)26)19(29-4)17-10(22-17)6-23(19)14(12)15(8)24/h9-11,17,21-22H,5-7H2,1-4H3,(H2,20,26)/t9-,10+,17+,19-/m1/s1.